The second kappa shape index (κ2) is 9.39. The molecule has 2 saturated heterocycles. The van der Waals surface area contributed by atoms with Gasteiger partial charge in [-0.3, -0.25) is 19.8 Å². The second-order valence-corrected chi connectivity index (χ2v) is 9.91. The van der Waals surface area contributed by atoms with Gasteiger partial charge in [0.25, 0.3) is 5.69 Å². The number of hydrogen-bond acceptors (Lipinski definition) is 5. The number of carbonyl (C=O) groups is 1. The maximum absolute atomic E-state index is 13.9. The summed E-state index contributed by atoms with van der Waals surface area (Å²) < 4.78 is 0. The fourth-order valence-electron chi connectivity index (χ4n) is 6.20. The van der Waals surface area contributed by atoms with E-state index in [1.807, 2.05) is 4.90 Å². The number of piperazine rings is 1. The molecule has 184 valence electrons. The van der Waals surface area contributed by atoms with Gasteiger partial charge in [-0.15, -0.1) is 0 Å². The number of anilines is 1. The average Bonchev–Trinajstić information content (AvgIpc) is 3.27. The van der Waals surface area contributed by atoms with Crippen LogP contribution in [0, 0.1) is 10.1 Å². The molecule has 0 N–H and O–H groups in total. The van der Waals surface area contributed by atoms with Crippen molar-refractivity contribution in [2.45, 2.75) is 31.3 Å². The molecule has 0 saturated carbocycles. The topological polar surface area (TPSA) is 69.9 Å². The highest BCUT2D eigenvalue weighted by Crippen LogP contribution is 2.48. The zero-order chi connectivity index (χ0) is 24.6. The first-order chi connectivity index (χ1) is 17.6. The van der Waals surface area contributed by atoms with Crippen LogP contribution in [0.15, 0.2) is 72.8 Å². The Kier molecular flexibility index (Phi) is 5.93. The molecule has 0 aromatic heterocycles. The van der Waals surface area contributed by atoms with Crippen molar-refractivity contribution in [1.82, 2.24) is 9.80 Å². The molecule has 1 amide bonds. The third-order valence-corrected chi connectivity index (χ3v) is 7.98. The number of rotatable bonds is 4. The summed E-state index contributed by atoms with van der Waals surface area (Å²) in [5.41, 5.74) is 6.24. The van der Waals surface area contributed by atoms with E-state index in [2.05, 4.69) is 58.3 Å². The molecular formula is C29H30N4O3. The van der Waals surface area contributed by atoms with Crippen LogP contribution in [-0.2, 0) is 4.79 Å². The lowest BCUT2D eigenvalue weighted by Crippen LogP contribution is -2.56. The number of fused-ring (bicyclic) bond motifs is 3. The summed E-state index contributed by atoms with van der Waals surface area (Å²) in [6.45, 7) is 3.71. The molecule has 1 unspecified atom stereocenters. The summed E-state index contributed by atoms with van der Waals surface area (Å²) in [5, 5.41) is 11.0. The van der Waals surface area contributed by atoms with Crippen LogP contribution in [0.1, 0.15) is 36.4 Å². The Morgan fingerprint density at radius 2 is 1.39 bits per heavy atom. The van der Waals surface area contributed by atoms with E-state index in [4.69, 9.17) is 0 Å². The van der Waals surface area contributed by atoms with E-state index in [0.717, 1.165) is 44.6 Å². The van der Waals surface area contributed by atoms with Crippen LogP contribution in [0.5, 0.6) is 0 Å². The first-order valence-electron chi connectivity index (χ1n) is 12.8. The zero-order valence-corrected chi connectivity index (χ0v) is 20.3. The van der Waals surface area contributed by atoms with E-state index in [1.165, 1.54) is 22.3 Å². The maximum atomic E-state index is 13.9. The van der Waals surface area contributed by atoms with E-state index in [9.17, 15) is 14.9 Å². The van der Waals surface area contributed by atoms with Crippen molar-refractivity contribution in [3.05, 3.63) is 94.0 Å². The number of non-ortho nitro benzene ring substituents is 1. The van der Waals surface area contributed by atoms with Gasteiger partial charge in [0.15, 0.2) is 0 Å². The SMILES string of the molecule is O=C(C1CCCCN1C1c2ccccc2-c2ccccc21)N1CCN(c2ccc([N+](=O)[O-])cc2)CC1. The molecule has 2 aliphatic heterocycles. The van der Waals surface area contributed by atoms with Crippen molar-refractivity contribution in [2.75, 3.05) is 37.6 Å². The highest BCUT2D eigenvalue weighted by Gasteiger charge is 2.41. The van der Waals surface area contributed by atoms with Crippen LogP contribution in [0.3, 0.4) is 0 Å². The first kappa shape index (κ1) is 22.7. The Labute approximate surface area is 211 Å². The van der Waals surface area contributed by atoms with Crippen molar-refractivity contribution in [1.29, 1.82) is 0 Å². The van der Waals surface area contributed by atoms with E-state index in [1.54, 1.807) is 24.3 Å². The molecule has 3 aromatic rings. The molecule has 36 heavy (non-hydrogen) atoms. The molecule has 0 bridgehead atoms. The Hall–Kier alpha value is -3.71. The fourth-order valence-corrected chi connectivity index (χ4v) is 6.20. The Morgan fingerprint density at radius 3 is 2.00 bits per heavy atom. The van der Waals surface area contributed by atoms with Gasteiger partial charge >= 0.3 is 0 Å². The standard InChI is InChI=1S/C29H30N4O3/c34-29(31-19-17-30(18-20-31)21-12-14-22(15-13-21)33(35)36)27-11-5-6-16-32(27)28-25-9-3-1-7-23(25)24-8-2-4-10-26(24)28/h1-4,7-10,12-15,27-28H,5-6,11,16-20H2. The van der Waals surface area contributed by atoms with Crippen LogP contribution in [0.25, 0.3) is 11.1 Å². The van der Waals surface area contributed by atoms with Crippen molar-refractivity contribution in [3.8, 4) is 11.1 Å². The quantitative estimate of drug-likeness (QED) is 0.392. The van der Waals surface area contributed by atoms with Gasteiger partial charge in [-0.05, 0) is 53.8 Å². The van der Waals surface area contributed by atoms with Gasteiger partial charge in [0.1, 0.15) is 0 Å². The molecule has 0 radical (unpaired) electrons. The highest BCUT2D eigenvalue weighted by molar-refractivity contribution is 5.84. The number of carbonyl (C=O) groups excluding carboxylic acids is 1. The predicted molar refractivity (Wildman–Crippen MR) is 140 cm³/mol. The lowest BCUT2D eigenvalue weighted by atomic mass is 9.94. The number of amides is 1. The molecule has 2 heterocycles. The number of benzene rings is 3. The molecule has 0 spiro atoms. The lowest BCUT2D eigenvalue weighted by molar-refractivity contribution is -0.384. The Morgan fingerprint density at radius 1 is 0.778 bits per heavy atom. The monoisotopic (exact) mass is 482 g/mol. The highest BCUT2D eigenvalue weighted by atomic mass is 16.6. The zero-order valence-electron chi connectivity index (χ0n) is 20.3. The van der Waals surface area contributed by atoms with Gasteiger partial charge in [-0.25, -0.2) is 0 Å². The molecule has 2 fully saturated rings. The Balaban J connectivity index is 1.20. The van der Waals surface area contributed by atoms with Gasteiger partial charge in [0, 0.05) is 44.0 Å². The molecule has 7 heteroatoms. The third-order valence-electron chi connectivity index (χ3n) is 7.98. The molecule has 3 aromatic carbocycles. The average molecular weight is 483 g/mol. The van der Waals surface area contributed by atoms with Gasteiger partial charge in [0.05, 0.1) is 17.0 Å². The lowest BCUT2D eigenvalue weighted by Gasteiger charge is -2.43. The summed E-state index contributed by atoms with van der Waals surface area (Å²) in [4.78, 5) is 31.2. The van der Waals surface area contributed by atoms with Crippen LogP contribution in [-0.4, -0.2) is 59.4 Å². The van der Waals surface area contributed by atoms with Gasteiger partial charge in [-0.2, -0.15) is 0 Å². The summed E-state index contributed by atoms with van der Waals surface area (Å²) in [6, 6.07) is 23.9. The summed E-state index contributed by atoms with van der Waals surface area (Å²) in [6.07, 6.45) is 3.08. The Bertz CT molecular complexity index is 1240. The van der Waals surface area contributed by atoms with Crippen LogP contribution in [0.2, 0.25) is 0 Å². The number of piperidine rings is 1. The minimum Gasteiger partial charge on any atom is -0.368 e. The smallest absolute Gasteiger partial charge is 0.269 e. The second-order valence-electron chi connectivity index (χ2n) is 9.91. The van der Waals surface area contributed by atoms with Crippen molar-refractivity contribution < 1.29 is 9.72 Å². The predicted octanol–water partition coefficient (Wildman–Crippen LogP) is 4.87. The number of likely N-dealkylation sites (tertiary alicyclic amines) is 1. The van der Waals surface area contributed by atoms with Crippen LogP contribution < -0.4 is 4.90 Å². The van der Waals surface area contributed by atoms with Gasteiger partial charge < -0.3 is 9.80 Å². The molecule has 7 nitrogen and oxygen atoms in total. The molecule has 6 rings (SSSR count). The van der Waals surface area contributed by atoms with E-state index in [-0.39, 0.29) is 28.6 Å². The number of nitro benzene ring substituents is 1. The van der Waals surface area contributed by atoms with Crippen LogP contribution >= 0.6 is 0 Å². The molecule has 1 aliphatic carbocycles. The van der Waals surface area contributed by atoms with E-state index >= 15 is 0 Å². The number of nitro groups is 1. The van der Waals surface area contributed by atoms with Crippen LogP contribution in [0.4, 0.5) is 11.4 Å². The third kappa shape index (κ3) is 3.93. The fraction of sp³-hybridized carbons (Fsp3) is 0.345. The maximum Gasteiger partial charge on any atom is 0.269 e. The molecule has 3 aliphatic rings. The van der Waals surface area contributed by atoms with Crippen molar-refractivity contribution in [3.63, 3.8) is 0 Å². The first-order valence-corrected chi connectivity index (χ1v) is 12.8. The molecular weight excluding hydrogens is 452 g/mol. The number of nitrogens with zero attached hydrogens (tertiary/aromatic N) is 4. The largest absolute Gasteiger partial charge is 0.368 e. The van der Waals surface area contributed by atoms with E-state index in [0.29, 0.717) is 13.1 Å². The summed E-state index contributed by atoms with van der Waals surface area (Å²) >= 11 is 0. The minimum atomic E-state index is -0.378. The van der Waals surface area contributed by atoms with Gasteiger partial charge in [-0.1, -0.05) is 55.0 Å². The summed E-state index contributed by atoms with van der Waals surface area (Å²) in [7, 11) is 0. The number of hydrogen-bond donors (Lipinski definition) is 0. The van der Waals surface area contributed by atoms with Crippen molar-refractivity contribution in [2.24, 2.45) is 0 Å². The molecule has 1 atom stereocenters. The van der Waals surface area contributed by atoms with E-state index < -0.39 is 0 Å². The van der Waals surface area contributed by atoms with Gasteiger partial charge in [0.2, 0.25) is 5.91 Å². The van der Waals surface area contributed by atoms with Crippen molar-refractivity contribution >= 4 is 17.3 Å². The summed E-state index contributed by atoms with van der Waals surface area (Å²) in [5.74, 6) is 0.236. The minimum absolute atomic E-state index is 0.0972. The normalized spacial score (nSPS) is 20.2.